The Morgan fingerprint density at radius 1 is 1.24 bits per heavy atom. The van der Waals surface area contributed by atoms with Crippen LogP contribution in [0.15, 0.2) is 18.3 Å². The van der Waals surface area contributed by atoms with Crippen molar-refractivity contribution in [2.45, 2.75) is 33.0 Å². The fourth-order valence-corrected chi connectivity index (χ4v) is 1.92. The van der Waals surface area contributed by atoms with Gasteiger partial charge in [0, 0.05) is 25.4 Å². The van der Waals surface area contributed by atoms with Gasteiger partial charge in [0.2, 0.25) is 5.82 Å². The molecule has 0 bridgehead atoms. The smallest absolute Gasteiger partial charge is 0.370 e. The summed E-state index contributed by atoms with van der Waals surface area (Å²) in [5.41, 5.74) is 0.753. The van der Waals surface area contributed by atoms with Gasteiger partial charge < -0.3 is 5.32 Å². The second kappa shape index (κ2) is 6.11. The highest BCUT2D eigenvalue weighted by Crippen LogP contribution is 2.29. The molecule has 114 valence electrons. The van der Waals surface area contributed by atoms with E-state index in [1.54, 1.807) is 23.9 Å². The standard InChI is InChI=1S/C13H16F3N5/c1-3-7-21-10(5-6-18-21)9-8-11(17-4-2)20-12(19-9)13(14,15)16/h5-6,8H,3-4,7H2,1-2H3,(H,17,19,20). The maximum atomic E-state index is 12.9. The molecule has 0 aliphatic carbocycles. The average Bonchev–Trinajstić information content (AvgIpc) is 2.86. The Morgan fingerprint density at radius 2 is 2.00 bits per heavy atom. The van der Waals surface area contributed by atoms with Crippen molar-refractivity contribution >= 4 is 5.82 Å². The summed E-state index contributed by atoms with van der Waals surface area (Å²) < 4.78 is 40.3. The fourth-order valence-electron chi connectivity index (χ4n) is 1.92. The van der Waals surface area contributed by atoms with Crippen molar-refractivity contribution in [2.24, 2.45) is 0 Å². The Kier molecular flexibility index (Phi) is 4.44. The first-order valence-electron chi connectivity index (χ1n) is 6.68. The van der Waals surface area contributed by atoms with Crippen LogP contribution in [0.2, 0.25) is 0 Å². The van der Waals surface area contributed by atoms with Crippen LogP contribution < -0.4 is 5.32 Å². The van der Waals surface area contributed by atoms with Gasteiger partial charge >= 0.3 is 6.18 Å². The predicted octanol–water partition coefficient (Wildman–Crippen LogP) is 3.20. The molecule has 0 aliphatic rings. The van der Waals surface area contributed by atoms with Crippen LogP contribution in [-0.2, 0) is 12.7 Å². The van der Waals surface area contributed by atoms with Crippen molar-refractivity contribution in [3.63, 3.8) is 0 Å². The lowest BCUT2D eigenvalue weighted by Gasteiger charge is -2.12. The van der Waals surface area contributed by atoms with E-state index in [0.29, 0.717) is 18.8 Å². The van der Waals surface area contributed by atoms with Crippen molar-refractivity contribution in [1.82, 2.24) is 19.7 Å². The van der Waals surface area contributed by atoms with Crippen LogP contribution in [0, 0.1) is 0 Å². The van der Waals surface area contributed by atoms with E-state index in [2.05, 4.69) is 20.4 Å². The lowest BCUT2D eigenvalue weighted by atomic mass is 10.2. The maximum Gasteiger partial charge on any atom is 0.451 e. The summed E-state index contributed by atoms with van der Waals surface area (Å²) in [6, 6.07) is 3.15. The SMILES string of the molecule is CCCn1nccc1-c1cc(NCC)nc(C(F)(F)F)n1. The molecule has 0 saturated heterocycles. The lowest BCUT2D eigenvalue weighted by molar-refractivity contribution is -0.144. The molecule has 0 fully saturated rings. The van der Waals surface area contributed by atoms with Crippen molar-refractivity contribution in [1.29, 1.82) is 0 Å². The van der Waals surface area contributed by atoms with Gasteiger partial charge in [0.15, 0.2) is 0 Å². The van der Waals surface area contributed by atoms with E-state index in [-0.39, 0.29) is 11.5 Å². The third kappa shape index (κ3) is 3.50. The minimum atomic E-state index is -4.59. The Balaban J connectivity index is 2.51. The van der Waals surface area contributed by atoms with Gasteiger partial charge in [-0.05, 0) is 19.4 Å². The molecule has 1 N–H and O–H groups in total. The number of alkyl halides is 3. The number of hydrogen-bond acceptors (Lipinski definition) is 4. The Bertz CT molecular complexity index is 606. The zero-order chi connectivity index (χ0) is 15.5. The van der Waals surface area contributed by atoms with E-state index in [1.807, 2.05) is 6.92 Å². The molecule has 0 aromatic carbocycles. The molecule has 2 heterocycles. The molecular weight excluding hydrogens is 283 g/mol. The number of halogens is 3. The van der Waals surface area contributed by atoms with Gasteiger partial charge in [0.1, 0.15) is 5.82 Å². The van der Waals surface area contributed by atoms with Crippen LogP contribution in [0.5, 0.6) is 0 Å². The maximum absolute atomic E-state index is 12.9. The molecule has 5 nitrogen and oxygen atoms in total. The van der Waals surface area contributed by atoms with E-state index in [0.717, 1.165) is 6.42 Å². The van der Waals surface area contributed by atoms with E-state index in [4.69, 9.17) is 0 Å². The summed E-state index contributed by atoms with van der Waals surface area (Å²) in [4.78, 5) is 7.14. The van der Waals surface area contributed by atoms with Crippen LogP contribution in [0.3, 0.4) is 0 Å². The quantitative estimate of drug-likeness (QED) is 0.921. The second-order valence-electron chi connectivity index (χ2n) is 4.43. The molecular formula is C13H16F3N5. The van der Waals surface area contributed by atoms with Gasteiger partial charge in [-0.2, -0.15) is 18.3 Å². The summed E-state index contributed by atoms with van der Waals surface area (Å²) in [5, 5.41) is 6.90. The summed E-state index contributed by atoms with van der Waals surface area (Å²) in [6.07, 6.45) is -2.21. The number of hydrogen-bond donors (Lipinski definition) is 1. The fraction of sp³-hybridized carbons (Fsp3) is 0.462. The molecule has 21 heavy (non-hydrogen) atoms. The minimum Gasteiger partial charge on any atom is -0.370 e. The number of anilines is 1. The molecule has 0 aliphatic heterocycles. The molecule has 2 rings (SSSR count). The predicted molar refractivity (Wildman–Crippen MR) is 72.7 cm³/mol. The molecule has 0 atom stereocenters. The summed E-state index contributed by atoms with van der Waals surface area (Å²) in [7, 11) is 0. The molecule has 0 spiro atoms. The van der Waals surface area contributed by atoms with Crippen molar-refractivity contribution < 1.29 is 13.2 Å². The highest BCUT2D eigenvalue weighted by molar-refractivity contribution is 5.59. The molecule has 2 aromatic rings. The van der Waals surface area contributed by atoms with Gasteiger partial charge in [0.05, 0.1) is 11.4 Å². The lowest BCUT2D eigenvalue weighted by Crippen LogP contribution is -2.14. The first-order valence-corrected chi connectivity index (χ1v) is 6.68. The van der Waals surface area contributed by atoms with Crippen LogP contribution >= 0.6 is 0 Å². The van der Waals surface area contributed by atoms with Gasteiger partial charge in [-0.15, -0.1) is 0 Å². The summed E-state index contributed by atoms with van der Waals surface area (Å²) in [6.45, 7) is 4.85. The van der Waals surface area contributed by atoms with Crippen LogP contribution in [0.1, 0.15) is 26.1 Å². The van der Waals surface area contributed by atoms with Gasteiger partial charge in [0.25, 0.3) is 0 Å². The number of nitrogens with zero attached hydrogens (tertiary/aromatic N) is 4. The average molecular weight is 299 g/mol. The third-order valence-electron chi connectivity index (χ3n) is 2.75. The van der Waals surface area contributed by atoms with Crippen LogP contribution in [-0.4, -0.2) is 26.3 Å². The number of aromatic nitrogens is 4. The molecule has 0 saturated carbocycles. The van der Waals surface area contributed by atoms with Crippen molar-refractivity contribution in [3.05, 3.63) is 24.2 Å². The Labute approximate surface area is 120 Å². The number of nitrogens with one attached hydrogen (secondary N) is 1. The molecule has 0 unspecified atom stereocenters. The largest absolute Gasteiger partial charge is 0.451 e. The first kappa shape index (κ1) is 15.3. The van der Waals surface area contributed by atoms with Gasteiger partial charge in [-0.25, -0.2) is 9.97 Å². The van der Waals surface area contributed by atoms with Crippen molar-refractivity contribution in [3.8, 4) is 11.4 Å². The van der Waals surface area contributed by atoms with Crippen LogP contribution in [0.4, 0.5) is 19.0 Å². The summed E-state index contributed by atoms with van der Waals surface area (Å²) >= 11 is 0. The molecule has 0 radical (unpaired) electrons. The van der Waals surface area contributed by atoms with E-state index in [9.17, 15) is 13.2 Å². The highest BCUT2D eigenvalue weighted by atomic mass is 19.4. The second-order valence-corrected chi connectivity index (χ2v) is 4.43. The molecule has 2 aromatic heterocycles. The van der Waals surface area contributed by atoms with E-state index >= 15 is 0 Å². The van der Waals surface area contributed by atoms with E-state index < -0.39 is 12.0 Å². The van der Waals surface area contributed by atoms with Crippen LogP contribution in [0.25, 0.3) is 11.4 Å². The number of rotatable bonds is 5. The normalized spacial score (nSPS) is 11.7. The topological polar surface area (TPSA) is 55.6 Å². The number of aryl methyl sites for hydroxylation is 1. The molecule has 8 heteroatoms. The van der Waals surface area contributed by atoms with Gasteiger partial charge in [-0.1, -0.05) is 6.92 Å². The van der Waals surface area contributed by atoms with E-state index in [1.165, 1.54) is 6.07 Å². The highest BCUT2D eigenvalue weighted by Gasteiger charge is 2.35. The zero-order valence-corrected chi connectivity index (χ0v) is 11.8. The van der Waals surface area contributed by atoms with Crippen molar-refractivity contribution in [2.75, 3.05) is 11.9 Å². The molecule has 0 amide bonds. The monoisotopic (exact) mass is 299 g/mol. The summed E-state index contributed by atoms with van der Waals surface area (Å²) in [5.74, 6) is -1.00. The minimum absolute atomic E-state index is 0.152. The Morgan fingerprint density at radius 3 is 2.62 bits per heavy atom. The first-order chi connectivity index (χ1) is 9.95. The Hall–Kier alpha value is -2.12. The third-order valence-corrected chi connectivity index (χ3v) is 2.75. The van der Waals surface area contributed by atoms with Gasteiger partial charge in [-0.3, -0.25) is 4.68 Å². The zero-order valence-electron chi connectivity index (χ0n) is 11.8.